The van der Waals surface area contributed by atoms with E-state index in [4.69, 9.17) is 4.84 Å². The van der Waals surface area contributed by atoms with E-state index in [-0.39, 0.29) is 23.4 Å². The van der Waals surface area contributed by atoms with Crippen molar-refractivity contribution in [2.24, 2.45) is 0 Å². The van der Waals surface area contributed by atoms with E-state index >= 15 is 0 Å². The fourth-order valence-electron chi connectivity index (χ4n) is 3.94. The number of carbonyl (C=O) groups excluding carboxylic acids is 1. The van der Waals surface area contributed by atoms with Crippen LogP contribution in [-0.2, 0) is 26.2 Å². The van der Waals surface area contributed by atoms with Gasteiger partial charge in [0.15, 0.2) is 0 Å². The maximum absolute atomic E-state index is 14.3. The molecule has 1 atom stereocenters. The number of fused-ring (bicyclic) bond motifs is 3. The van der Waals surface area contributed by atoms with Gasteiger partial charge in [0.2, 0.25) is 5.91 Å². The highest BCUT2D eigenvalue weighted by molar-refractivity contribution is 7.89. The molecule has 29 heavy (non-hydrogen) atoms. The molecule has 0 aliphatic carbocycles. The van der Waals surface area contributed by atoms with Crippen LogP contribution in [0.5, 0.6) is 0 Å². The van der Waals surface area contributed by atoms with E-state index in [0.717, 1.165) is 29.5 Å². The van der Waals surface area contributed by atoms with Crippen molar-refractivity contribution < 1.29 is 22.4 Å². The molecule has 1 fully saturated rings. The van der Waals surface area contributed by atoms with E-state index in [0.29, 0.717) is 11.3 Å². The molecule has 0 unspecified atom stereocenters. The van der Waals surface area contributed by atoms with Crippen molar-refractivity contribution in [3.05, 3.63) is 53.8 Å². The predicted molar refractivity (Wildman–Crippen MR) is 106 cm³/mol. The van der Waals surface area contributed by atoms with E-state index in [2.05, 4.69) is 0 Å². The van der Waals surface area contributed by atoms with E-state index < -0.39 is 15.8 Å². The van der Waals surface area contributed by atoms with Gasteiger partial charge in [0.25, 0.3) is 10.0 Å². The topological polar surface area (TPSA) is 70.2 Å². The van der Waals surface area contributed by atoms with Crippen LogP contribution in [0.25, 0.3) is 0 Å². The first-order valence-corrected chi connectivity index (χ1v) is 10.8. The maximum Gasteiger partial charge on any atom is 0.264 e. The standard InChI is InChI=1S/C20H22FN3O4S/c1-22(28-2)29(26,27)15-9-10-17-19(12-15)24(13-14-6-3-4-7-16(14)21)20(25)18-8-5-11-23(17)18/h3-4,6-7,9-10,12,18H,5,8,11,13H2,1-2H3/t18-/m0/s1. The maximum atomic E-state index is 14.3. The van der Waals surface area contributed by atoms with E-state index in [1.807, 2.05) is 4.90 Å². The molecule has 7 nitrogen and oxygen atoms in total. The molecule has 0 aromatic heterocycles. The summed E-state index contributed by atoms with van der Waals surface area (Å²) in [4.78, 5) is 21.6. The second kappa shape index (κ2) is 7.40. The highest BCUT2D eigenvalue weighted by atomic mass is 32.2. The quantitative estimate of drug-likeness (QED) is 0.697. The number of sulfonamides is 1. The van der Waals surface area contributed by atoms with Crippen molar-refractivity contribution in [3.8, 4) is 0 Å². The summed E-state index contributed by atoms with van der Waals surface area (Å²) in [6.07, 6.45) is 1.59. The van der Waals surface area contributed by atoms with Gasteiger partial charge in [-0.1, -0.05) is 22.7 Å². The molecule has 1 amide bonds. The smallest absolute Gasteiger partial charge is 0.264 e. The van der Waals surface area contributed by atoms with Crippen molar-refractivity contribution >= 4 is 27.3 Å². The zero-order valence-electron chi connectivity index (χ0n) is 16.2. The second-order valence-corrected chi connectivity index (χ2v) is 9.05. The molecule has 0 radical (unpaired) electrons. The summed E-state index contributed by atoms with van der Waals surface area (Å²) in [6, 6.07) is 10.7. The normalized spacial score (nSPS) is 18.9. The first kappa shape index (κ1) is 19.8. The third-order valence-corrected chi connectivity index (χ3v) is 7.21. The van der Waals surface area contributed by atoms with Crippen molar-refractivity contribution in [1.82, 2.24) is 4.47 Å². The lowest BCUT2D eigenvalue weighted by molar-refractivity contribution is -0.120. The summed E-state index contributed by atoms with van der Waals surface area (Å²) in [5.74, 6) is -0.550. The number of nitrogens with zero attached hydrogens (tertiary/aromatic N) is 3. The molecule has 0 saturated carbocycles. The van der Waals surface area contributed by atoms with Crippen LogP contribution in [0.4, 0.5) is 15.8 Å². The summed E-state index contributed by atoms with van der Waals surface area (Å²) in [7, 11) is -1.32. The highest BCUT2D eigenvalue weighted by Gasteiger charge is 2.41. The molecule has 0 bridgehead atoms. The Bertz CT molecular complexity index is 1060. The van der Waals surface area contributed by atoms with E-state index in [1.165, 1.54) is 37.3 Å². The number of hydroxylamine groups is 1. The van der Waals surface area contributed by atoms with E-state index in [9.17, 15) is 17.6 Å². The molecule has 9 heteroatoms. The highest BCUT2D eigenvalue weighted by Crippen LogP contribution is 2.42. The second-order valence-electron chi connectivity index (χ2n) is 7.12. The van der Waals surface area contributed by atoms with Crippen molar-refractivity contribution in [2.45, 2.75) is 30.3 Å². The summed E-state index contributed by atoms with van der Waals surface area (Å²) in [6.45, 7) is 0.757. The number of halogens is 1. The zero-order valence-corrected chi connectivity index (χ0v) is 17.0. The molecular formula is C20H22FN3O4S. The molecule has 2 aliphatic rings. The number of carbonyl (C=O) groups is 1. The van der Waals surface area contributed by atoms with Crippen LogP contribution >= 0.6 is 0 Å². The molecule has 1 saturated heterocycles. The van der Waals surface area contributed by atoms with Gasteiger partial charge in [-0.15, -0.1) is 0 Å². The van der Waals surface area contributed by atoms with Crippen molar-refractivity contribution in [2.75, 3.05) is 30.5 Å². The Balaban J connectivity index is 1.83. The summed E-state index contributed by atoms with van der Waals surface area (Å²) >= 11 is 0. The number of hydrogen-bond acceptors (Lipinski definition) is 5. The third-order valence-electron chi connectivity index (χ3n) is 5.53. The Hall–Kier alpha value is -2.49. The molecule has 154 valence electrons. The predicted octanol–water partition coefficient (Wildman–Crippen LogP) is 2.52. The Morgan fingerprint density at radius 2 is 1.97 bits per heavy atom. The van der Waals surface area contributed by atoms with Gasteiger partial charge in [0, 0.05) is 19.2 Å². The van der Waals surface area contributed by atoms with Gasteiger partial charge in [0.1, 0.15) is 11.9 Å². The van der Waals surface area contributed by atoms with Gasteiger partial charge < -0.3 is 9.80 Å². The lowest BCUT2D eigenvalue weighted by Gasteiger charge is -2.40. The molecule has 0 spiro atoms. The van der Waals surface area contributed by atoms with Gasteiger partial charge in [-0.2, -0.15) is 0 Å². The van der Waals surface area contributed by atoms with Gasteiger partial charge in [-0.25, -0.2) is 12.8 Å². The molecule has 0 N–H and O–H groups in total. The van der Waals surface area contributed by atoms with Crippen LogP contribution in [0.15, 0.2) is 47.4 Å². The first-order chi connectivity index (χ1) is 13.8. The number of amides is 1. The largest absolute Gasteiger partial charge is 0.358 e. The molecule has 2 aromatic rings. The number of hydrogen-bond donors (Lipinski definition) is 0. The first-order valence-electron chi connectivity index (χ1n) is 9.33. The van der Waals surface area contributed by atoms with Crippen LogP contribution < -0.4 is 9.80 Å². The Kier molecular flexibility index (Phi) is 5.05. The van der Waals surface area contributed by atoms with Crippen molar-refractivity contribution in [1.29, 1.82) is 0 Å². The average molecular weight is 419 g/mol. The monoisotopic (exact) mass is 419 g/mol. The fraction of sp³-hybridized carbons (Fsp3) is 0.350. The SMILES string of the molecule is CON(C)S(=O)(=O)c1ccc2c(c1)N(Cc1ccccc1F)C(=O)[C@@H]1CCCN21. The third kappa shape index (κ3) is 3.29. The lowest BCUT2D eigenvalue weighted by atomic mass is 10.1. The minimum Gasteiger partial charge on any atom is -0.358 e. The lowest BCUT2D eigenvalue weighted by Crippen LogP contribution is -2.50. The minimum absolute atomic E-state index is 0.00424. The summed E-state index contributed by atoms with van der Waals surface area (Å²) in [5.41, 5.74) is 1.62. The minimum atomic E-state index is -3.89. The Morgan fingerprint density at radius 1 is 1.21 bits per heavy atom. The number of anilines is 2. The molecule has 4 rings (SSSR count). The average Bonchev–Trinajstić information content (AvgIpc) is 3.21. The number of rotatable bonds is 5. The molecule has 2 aromatic carbocycles. The summed E-state index contributed by atoms with van der Waals surface area (Å²) in [5, 5.41) is 0. The zero-order chi connectivity index (χ0) is 20.8. The van der Waals surface area contributed by atoms with Gasteiger partial charge >= 0.3 is 0 Å². The van der Waals surface area contributed by atoms with Gasteiger partial charge in [-0.05, 0) is 37.1 Å². The van der Waals surface area contributed by atoms with Crippen LogP contribution in [0.2, 0.25) is 0 Å². The van der Waals surface area contributed by atoms with Crippen LogP contribution in [-0.4, -0.2) is 45.5 Å². The van der Waals surface area contributed by atoms with Gasteiger partial charge in [-0.3, -0.25) is 9.63 Å². The van der Waals surface area contributed by atoms with Crippen LogP contribution in [0.3, 0.4) is 0 Å². The Labute approximate surface area is 169 Å². The van der Waals surface area contributed by atoms with Crippen molar-refractivity contribution in [3.63, 3.8) is 0 Å². The number of benzene rings is 2. The fourth-order valence-corrected chi connectivity index (χ4v) is 4.93. The van der Waals surface area contributed by atoms with Crippen LogP contribution in [0.1, 0.15) is 18.4 Å². The molecule has 2 heterocycles. The van der Waals surface area contributed by atoms with E-state index in [1.54, 1.807) is 24.3 Å². The molecule has 2 aliphatic heterocycles. The Morgan fingerprint density at radius 3 is 2.69 bits per heavy atom. The van der Waals surface area contributed by atoms with Crippen LogP contribution in [0, 0.1) is 5.82 Å². The summed E-state index contributed by atoms with van der Waals surface area (Å²) < 4.78 is 40.4. The van der Waals surface area contributed by atoms with Gasteiger partial charge in [0.05, 0.1) is 29.9 Å². The molecular weight excluding hydrogens is 397 g/mol.